The molecule has 0 unspecified atom stereocenters. The van der Waals surface area contributed by atoms with Crippen LogP contribution in [-0.4, -0.2) is 25.9 Å². The second-order valence-corrected chi connectivity index (χ2v) is 5.20. The van der Waals surface area contributed by atoms with E-state index in [0.717, 1.165) is 5.56 Å². The van der Waals surface area contributed by atoms with E-state index in [2.05, 4.69) is 0 Å². The quantitative estimate of drug-likeness (QED) is 0.717. The Morgan fingerprint density at radius 1 is 1.38 bits per heavy atom. The predicted octanol–water partition coefficient (Wildman–Crippen LogP) is 0.550. The molecule has 0 saturated heterocycles. The summed E-state index contributed by atoms with van der Waals surface area (Å²) in [5, 5.41) is 8.98. The van der Waals surface area contributed by atoms with Crippen molar-refractivity contribution >= 4 is 9.84 Å². The van der Waals surface area contributed by atoms with Crippen LogP contribution in [-0.2, 0) is 9.84 Å². The first-order chi connectivity index (χ1) is 6.15. The van der Waals surface area contributed by atoms with Crippen molar-refractivity contribution in [2.75, 3.05) is 12.4 Å². The van der Waals surface area contributed by atoms with Crippen LogP contribution in [0.5, 0.6) is 0 Å². The van der Waals surface area contributed by atoms with Crippen LogP contribution in [0, 0.1) is 0 Å². The fourth-order valence-corrected chi connectivity index (χ4v) is 3.57. The molecule has 0 spiro atoms. The number of aliphatic hydroxyl groups excluding tert-OH is 1. The number of aliphatic hydroxyl groups is 1. The third-order valence-corrected chi connectivity index (χ3v) is 4.22. The lowest BCUT2D eigenvalue weighted by Gasteiger charge is -2.03. The van der Waals surface area contributed by atoms with Crippen LogP contribution in [0.1, 0.15) is 11.5 Å². The molecule has 1 aliphatic heterocycles. The minimum absolute atomic E-state index is 0.0445. The zero-order chi connectivity index (χ0) is 9.47. The lowest BCUT2D eigenvalue weighted by Crippen LogP contribution is -2.06. The van der Waals surface area contributed by atoms with Gasteiger partial charge in [0.25, 0.3) is 0 Å². The van der Waals surface area contributed by atoms with Gasteiger partial charge in [-0.15, -0.1) is 0 Å². The monoisotopic (exact) mass is 198 g/mol. The maximum Gasteiger partial charge on any atom is 0.179 e. The number of rotatable bonds is 1. The average molecular weight is 198 g/mol. The summed E-state index contributed by atoms with van der Waals surface area (Å²) < 4.78 is 23.0. The van der Waals surface area contributed by atoms with Crippen LogP contribution in [0.25, 0.3) is 0 Å². The minimum Gasteiger partial charge on any atom is -0.396 e. The maximum absolute atomic E-state index is 11.5. The van der Waals surface area contributed by atoms with E-state index in [9.17, 15) is 8.42 Å². The Labute approximate surface area is 76.9 Å². The number of hydrogen-bond acceptors (Lipinski definition) is 3. The van der Waals surface area contributed by atoms with Gasteiger partial charge in [0.2, 0.25) is 0 Å². The summed E-state index contributed by atoms with van der Waals surface area (Å²) in [6, 6.07) is 6.86. The Morgan fingerprint density at radius 2 is 2.08 bits per heavy atom. The highest BCUT2D eigenvalue weighted by atomic mass is 32.2. The molecule has 1 atom stereocenters. The van der Waals surface area contributed by atoms with Crippen molar-refractivity contribution in [1.29, 1.82) is 0 Å². The molecule has 0 aliphatic carbocycles. The molecule has 2 rings (SSSR count). The van der Waals surface area contributed by atoms with Gasteiger partial charge in [-0.05, 0) is 11.6 Å². The fraction of sp³-hybridized carbons (Fsp3) is 0.333. The summed E-state index contributed by atoms with van der Waals surface area (Å²) in [4.78, 5) is 0.383. The number of benzene rings is 1. The minimum atomic E-state index is -3.13. The van der Waals surface area contributed by atoms with Gasteiger partial charge in [0.15, 0.2) is 9.84 Å². The molecule has 0 aromatic heterocycles. The van der Waals surface area contributed by atoms with Crippen LogP contribution < -0.4 is 0 Å². The molecule has 70 valence electrons. The van der Waals surface area contributed by atoms with Crippen LogP contribution >= 0.6 is 0 Å². The van der Waals surface area contributed by atoms with Crippen molar-refractivity contribution in [1.82, 2.24) is 0 Å². The highest BCUT2D eigenvalue weighted by Crippen LogP contribution is 2.33. The number of hydrogen-bond donors (Lipinski definition) is 1. The van der Waals surface area contributed by atoms with E-state index in [-0.39, 0.29) is 18.3 Å². The van der Waals surface area contributed by atoms with Gasteiger partial charge < -0.3 is 5.11 Å². The first kappa shape index (κ1) is 8.72. The summed E-state index contributed by atoms with van der Waals surface area (Å²) in [5.74, 6) is -0.191. The summed E-state index contributed by atoms with van der Waals surface area (Å²) in [7, 11) is -3.13. The first-order valence-corrected chi connectivity index (χ1v) is 5.73. The van der Waals surface area contributed by atoms with Crippen molar-refractivity contribution in [3.63, 3.8) is 0 Å². The van der Waals surface area contributed by atoms with Crippen molar-refractivity contribution in [2.24, 2.45) is 0 Å². The SMILES string of the molecule is O=S1(=O)C[C@H](CO)c2ccccc21. The summed E-state index contributed by atoms with van der Waals surface area (Å²) in [6.07, 6.45) is 0. The molecule has 0 fully saturated rings. The van der Waals surface area contributed by atoms with Crippen LogP contribution in [0.4, 0.5) is 0 Å². The highest BCUT2D eigenvalue weighted by Gasteiger charge is 2.33. The molecule has 1 aromatic carbocycles. The molecule has 1 aromatic rings. The molecule has 13 heavy (non-hydrogen) atoms. The molecule has 1 N–H and O–H groups in total. The molecule has 0 amide bonds. The Hall–Kier alpha value is -0.870. The van der Waals surface area contributed by atoms with Gasteiger partial charge in [-0.25, -0.2) is 8.42 Å². The second-order valence-electron chi connectivity index (χ2n) is 3.20. The zero-order valence-electron chi connectivity index (χ0n) is 6.97. The number of sulfone groups is 1. The molecule has 1 heterocycles. The largest absolute Gasteiger partial charge is 0.396 e. The molecule has 0 bridgehead atoms. The standard InChI is InChI=1S/C9H10O3S/c10-5-7-6-13(11,12)9-4-2-1-3-8(7)9/h1-4,7,10H,5-6H2/t7-/m0/s1. The van der Waals surface area contributed by atoms with E-state index in [1.807, 2.05) is 0 Å². The molecular formula is C9H10O3S. The summed E-state index contributed by atoms with van der Waals surface area (Å²) in [6.45, 7) is -0.101. The smallest absolute Gasteiger partial charge is 0.179 e. The van der Waals surface area contributed by atoms with Gasteiger partial charge in [-0.3, -0.25) is 0 Å². The lowest BCUT2D eigenvalue weighted by molar-refractivity contribution is 0.274. The molecular weight excluding hydrogens is 188 g/mol. The molecule has 1 aliphatic rings. The first-order valence-electron chi connectivity index (χ1n) is 4.07. The third kappa shape index (κ3) is 1.26. The Balaban J connectivity index is 2.64. The van der Waals surface area contributed by atoms with E-state index in [1.54, 1.807) is 24.3 Å². The predicted molar refractivity (Wildman–Crippen MR) is 48.3 cm³/mol. The summed E-state index contributed by atoms with van der Waals surface area (Å²) >= 11 is 0. The van der Waals surface area contributed by atoms with Gasteiger partial charge in [-0.1, -0.05) is 18.2 Å². The van der Waals surface area contributed by atoms with E-state index in [4.69, 9.17) is 5.11 Å². The van der Waals surface area contributed by atoms with Gasteiger partial charge in [-0.2, -0.15) is 0 Å². The van der Waals surface area contributed by atoms with E-state index >= 15 is 0 Å². The van der Waals surface area contributed by atoms with E-state index < -0.39 is 9.84 Å². The van der Waals surface area contributed by atoms with Crippen LogP contribution in [0.3, 0.4) is 0 Å². The molecule has 4 heteroatoms. The van der Waals surface area contributed by atoms with Crippen molar-refractivity contribution in [2.45, 2.75) is 10.8 Å². The van der Waals surface area contributed by atoms with Crippen LogP contribution in [0.15, 0.2) is 29.2 Å². The highest BCUT2D eigenvalue weighted by molar-refractivity contribution is 7.91. The molecule has 0 radical (unpaired) electrons. The Bertz CT molecular complexity index is 422. The average Bonchev–Trinajstić information content (AvgIpc) is 2.39. The van der Waals surface area contributed by atoms with Crippen LogP contribution in [0.2, 0.25) is 0 Å². The number of fused-ring (bicyclic) bond motifs is 1. The van der Waals surface area contributed by atoms with Gasteiger partial charge in [0.05, 0.1) is 17.3 Å². The fourth-order valence-electron chi connectivity index (χ4n) is 1.70. The van der Waals surface area contributed by atoms with E-state index in [1.165, 1.54) is 0 Å². The lowest BCUT2D eigenvalue weighted by atomic mass is 10.0. The van der Waals surface area contributed by atoms with E-state index in [0.29, 0.717) is 4.90 Å². The van der Waals surface area contributed by atoms with Crippen molar-refractivity contribution in [3.8, 4) is 0 Å². The normalized spacial score (nSPS) is 24.2. The zero-order valence-corrected chi connectivity index (χ0v) is 7.79. The van der Waals surface area contributed by atoms with Gasteiger partial charge in [0, 0.05) is 5.92 Å². The second kappa shape index (κ2) is 2.82. The van der Waals surface area contributed by atoms with Gasteiger partial charge >= 0.3 is 0 Å². The molecule has 0 saturated carbocycles. The Morgan fingerprint density at radius 3 is 2.77 bits per heavy atom. The van der Waals surface area contributed by atoms with Crippen molar-refractivity contribution < 1.29 is 13.5 Å². The Kier molecular flexibility index (Phi) is 1.89. The maximum atomic E-state index is 11.5. The third-order valence-electron chi connectivity index (χ3n) is 2.33. The topological polar surface area (TPSA) is 54.4 Å². The van der Waals surface area contributed by atoms with Crippen molar-refractivity contribution in [3.05, 3.63) is 29.8 Å². The molecule has 3 nitrogen and oxygen atoms in total. The summed E-state index contributed by atoms with van der Waals surface area (Å²) in [5.41, 5.74) is 0.755. The van der Waals surface area contributed by atoms with Gasteiger partial charge in [0.1, 0.15) is 0 Å².